The van der Waals surface area contributed by atoms with Gasteiger partial charge in [0.1, 0.15) is 11.9 Å². The Morgan fingerprint density at radius 2 is 1.91 bits per heavy atom. The molecule has 4 nitrogen and oxygen atoms in total. The molecule has 3 rings (SSSR count). The van der Waals surface area contributed by atoms with Gasteiger partial charge in [-0.15, -0.1) is 11.3 Å². The number of carbonyl (C=O) groups excluding carboxylic acids is 1. The van der Waals surface area contributed by atoms with Crippen LogP contribution in [0.2, 0.25) is 4.34 Å². The zero-order valence-electron chi connectivity index (χ0n) is 12.9. The van der Waals surface area contributed by atoms with E-state index in [0.29, 0.717) is 9.21 Å². The summed E-state index contributed by atoms with van der Waals surface area (Å²) in [7, 11) is 2.13. The van der Waals surface area contributed by atoms with Crippen LogP contribution in [-0.4, -0.2) is 37.0 Å². The summed E-state index contributed by atoms with van der Waals surface area (Å²) in [6.07, 6.45) is 2.38. The molecule has 1 aliphatic heterocycles. The predicted octanol–water partition coefficient (Wildman–Crippen LogP) is 4.13. The van der Waals surface area contributed by atoms with Crippen molar-refractivity contribution in [1.29, 1.82) is 0 Å². The van der Waals surface area contributed by atoms with Gasteiger partial charge in [0.15, 0.2) is 0 Å². The molecule has 2 heterocycles. The van der Waals surface area contributed by atoms with Crippen molar-refractivity contribution >= 4 is 34.5 Å². The van der Waals surface area contributed by atoms with Crippen LogP contribution in [-0.2, 0) is 0 Å². The second kappa shape index (κ2) is 7.34. The Bertz CT molecular complexity index is 663. The average molecular weight is 351 g/mol. The van der Waals surface area contributed by atoms with Gasteiger partial charge in [0.25, 0.3) is 5.91 Å². The van der Waals surface area contributed by atoms with Crippen LogP contribution in [0.3, 0.4) is 0 Å². The molecule has 1 saturated heterocycles. The summed E-state index contributed by atoms with van der Waals surface area (Å²) in [6, 6.07) is 11.0. The number of thiophene rings is 1. The average Bonchev–Trinajstić information content (AvgIpc) is 2.98. The summed E-state index contributed by atoms with van der Waals surface area (Å²) in [4.78, 5) is 15.0. The maximum atomic E-state index is 12.1. The fourth-order valence-electron chi connectivity index (χ4n) is 2.54. The second-order valence-electron chi connectivity index (χ2n) is 5.70. The molecule has 0 aliphatic carbocycles. The van der Waals surface area contributed by atoms with Gasteiger partial charge in [0.2, 0.25) is 0 Å². The molecule has 122 valence electrons. The first kappa shape index (κ1) is 16.3. The van der Waals surface area contributed by atoms with Crippen LogP contribution in [0.5, 0.6) is 5.75 Å². The maximum absolute atomic E-state index is 12.1. The van der Waals surface area contributed by atoms with E-state index in [0.717, 1.165) is 37.4 Å². The highest BCUT2D eigenvalue weighted by molar-refractivity contribution is 7.18. The van der Waals surface area contributed by atoms with E-state index in [1.807, 2.05) is 24.3 Å². The number of likely N-dealkylation sites (tertiary alicyclic amines) is 1. The zero-order valence-corrected chi connectivity index (χ0v) is 14.5. The first-order valence-electron chi connectivity index (χ1n) is 7.62. The number of carbonyl (C=O) groups is 1. The molecule has 0 bridgehead atoms. The summed E-state index contributed by atoms with van der Waals surface area (Å²) in [6.45, 7) is 2.14. The van der Waals surface area contributed by atoms with Crippen molar-refractivity contribution in [2.75, 3.05) is 25.5 Å². The lowest BCUT2D eigenvalue weighted by molar-refractivity contribution is 0.103. The van der Waals surface area contributed by atoms with Crippen LogP contribution >= 0.6 is 22.9 Å². The smallest absolute Gasteiger partial charge is 0.265 e. The molecule has 1 aromatic heterocycles. The third-order valence-corrected chi connectivity index (χ3v) is 5.11. The summed E-state index contributed by atoms with van der Waals surface area (Å²) in [5.74, 6) is 0.697. The van der Waals surface area contributed by atoms with Gasteiger partial charge in [-0.25, -0.2) is 0 Å². The van der Waals surface area contributed by atoms with Gasteiger partial charge < -0.3 is 15.0 Å². The lowest BCUT2D eigenvalue weighted by Crippen LogP contribution is -2.35. The van der Waals surface area contributed by atoms with Crippen molar-refractivity contribution in [3.63, 3.8) is 0 Å². The monoisotopic (exact) mass is 350 g/mol. The van der Waals surface area contributed by atoms with E-state index >= 15 is 0 Å². The Kier molecular flexibility index (Phi) is 5.20. The lowest BCUT2D eigenvalue weighted by atomic mass is 10.1. The van der Waals surface area contributed by atoms with Crippen LogP contribution < -0.4 is 10.1 Å². The van der Waals surface area contributed by atoms with Gasteiger partial charge in [-0.1, -0.05) is 11.6 Å². The topological polar surface area (TPSA) is 41.6 Å². The number of halogens is 1. The molecule has 0 atom stereocenters. The van der Waals surface area contributed by atoms with Gasteiger partial charge in [-0.2, -0.15) is 0 Å². The van der Waals surface area contributed by atoms with E-state index in [2.05, 4.69) is 17.3 Å². The van der Waals surface area contributed by atoms with Crippen molar-refractivity contribution in [1.82, 2.24) is 4.90 Å². The standard InChI is InChI=1S/C17H19ClN2O2S/c1-20-10-8-14(9-11-20)22-13-4-2-12(3-5-13)19-17(21)15-6-7-16(18)23-15/h2-7,14H,8-11H2,1H3,(H,19,21). The Hall–Kier alpha value is -1.56. The lowest BCUT2D eigenvalue weighted by Gasteiger charge is -2.29. The Balaban J connectivity index is 1.55. The van der Waals surface area contributed by atoms with Crippen molar-refractivity contribution in [2.24, 2.45) is 0 Å². The first-order chi connectivity index (χ1) is 11.1. The molecule has 1 N–H and O–H groups in total. The number of ether oxygens (including phenoxy) is 1. The van der Waals surface area contributed by atoms with E-state index < -0.39 is 0 Å². The minimum Gasteiger partial charge on any atom is -0.490 e. The minimum atomic E-state index is -0.147. The Morgan fingerprint density at radius 3 is 2.52 bits per heavy atom. The summed E-state index contributed by atoms with van der Waals surface area (Å²) in [5.41, 5.74) is 0.746. The number of nitrogens with zero attached hydrogens (tertiary/aromatic N) is 1. The van der Waals surface area contributed by atoms with E-state index in [1.54, 1.807) is 12.1 Å². The number of hydrogen-bond donors (Lipinski definition) is 1. The molecule has 1 aromatic carbocycles. The van der Waals surface area contributed by atoms with Crippen molar-refractivity contribution in [2.45, 2.75) is 18.9 Å². The third-order valence-electron chi connectivity index (χ3n) is 3.88. The number of piperidine rings is 1. The fraction of sp³-hybridized carbons (Fsp3) is 0.353. The molecule has 0 spiro atoms. The molecule has 2 aromatic rings. The number of hydrogen-bond acceptors (Lipinski definition) is 4. The highest BCUT2D eigenvalue weighted by Gasteiger charge is 2.18. The molecule has 0 saturated carbocycles. The summed E-state index contributed by atoms with van der Waals surface area (Å²) in [5, 5.41) is 2.86. The highest BCUT2D eigenvalue weighted by Crippen LogP contribution is 2.24. The number of amides is 1. The van der Waals surface area contributed by atoms with E-state index in [-0.39, 0.29) is 12.0 Å². The number of rotatable bonds is 4. The minimum absolute atomic E-state index is 0.147. The maximum Gasteiger partial charge on any atom is 0.265 e. The zero-order chi connectivity index (χ0) is 16.2. The van der Waals surface area contributed by atoms with Gasteiger partial charge in [0.05, 0.1) is 9.21 Å². The molecule has 1 aliphatic rings. The number of anilines is 1. The number of nitrogens with one attached hydrogen (secondary N) is 1. The van der Waals surface area contributed by atoms with Gasteiger partial charge in [-0.3, -0.25) is 4.79 Å². The molecule has 1 amide bonds. The van der Waals surface area contributed by atoms with Crippen LogP contribution in [0, 0.1) is 0 Å². The Labute approximate surface area is 145 Å². The molecule has 0 unspecified atom stereocenters. The molecule has 23 heavy (non-hydrogen) atoms. The molecular formula is C17H19ClN2O2S. The molecular weight excluding hydrogens is 332 g/mol. The number of benzene rings is 1. The predicted molar refractivity (Wildman–Crippen MR) is 94.9 cm³/mol. The highest BCUT2D eigenvalue weighted by atomic mass is 35.5. The van der Waals surface area contributed by atoms with Gasteiger partial charge >= 0.3 is 0 Å². The van der Waals surface area contributed by atoms with Crippen molar-refractivity contribution in [3.05, 3.63) is 45.6 Å². The molecule has 1 fully saturated rings. The molecule has 6 heteroatoms. The van der Waals surface area contributed by atoms with Crippen LogP contribution in [0.15, 0.2) is 36.4 Å². The fourth-order valence-corrected chi connectivity index (χ4v) is 3.48. The van der Waals surface area contributed by atoms with E-state index in [1.165, 1.54) is 11.3 Å². The third kappa shape index (κ3) is 4.47. The van der Waals surface area contributed by atoms with Crippen molar-refractivity contribution in [3.8, 4) is 5.75 Å². The van der Waals surface area contributed by atoms with Crippen LogP contribution in [0.25, 0.3) is 0 Å². The van der Waals surface area contributed by atoms with Crippen LogP contribution in [0.4, 0.5) is 5.69 Å². The molecule has 0 radical (unpaired) electrons. The largest absolute Gasteiger partial charge is 0.490 e. The quantitative estimate of drug-likeness (QED) is 0.901. The first-order valence-corrected chi connectivity index (χ1v) is 8.81. The van der Waals surface area contributed by atoms with Gasteiger partial charge in [0, 0.05) is 18.8 Å². The van der Waals surface area contributed by atoms with E-state index in [4.69, 9.17) is 16.3 Å². The van der Waals surface area contributed by atoms with Crippen molar-refractivity contribution < 1.29 is 9.53 Å². The summed E-state index contributed by atoms with van der Waals surface area (Å²) < 4.78 is 6.61. The van der Waals surface area contributed by atoms with Crippen LogP contribution in [0.1, 0.15) is 22.5 Å². The van der Waals surface area contributed by atoms with E-state index in [9.17, 15) is 4.79 Å². The second-order valence-corrected chi connectivity index (χ2v) is 7.42. The normalized spacial score (nSPS) is 16.3. The SMILES string of the molecule is CN1CCC(Oc2ccc(NC(=O)c3ccc(Cl)s3)cc2)CC1. The Morgan fingerprint density at radius 1 is 1.22 bits per heavy atom. The van der Waals surface area contributed by atoms with Gasteiger partial charge in [-0.05, 0) is 56.3 Å². The summed E-state index contributed by atoms with van der Waals surface area (Å²) >= 11 is 7.12.